The van der Waals surface area contributed by atoms with Crippen molar-refractivity contribution in [3.63, 3.8) is 0 Å². The van der Waals surface area contributed by atoms with Gasteiger partial charge in [-0.25, -0.2) is 8.42 Å². The summed E-state index contributed by atoms with van der Waals surface area (Å²) in [5.74, 6) is 0.404. The van der Waals surface area contributed by atoms with Gasteiger partial charge in [0, 0.05) is 17.7 Å². The van der Waals surface area contributed by atoms with Crippen molar-refractivity contribution >= 4 is 15.6 Å². The number of carbonyl (C=O) groups excluding carboxylic acids is 1. The molecule has 1 aromatic carbocycles. The Morgan fingerprint density at radius 2 is 1.89 bits per heavy atom. The Hall–Kier alpha value is -1.56. The first-order valence-corrected chi connectivity index (χ1v) is 8.02. The van der Waals surface area contributed by atoms with E-state index in [0.29, 0.717) is 30.3 Å². The van der Waals surface area contributed by atoms with Gasteiger partial charge in [0.15, 0.2) is 27.1 Å². The minimum atomic E-state index is -3.33. The molecule has 5 nitrogen and oxygen atoms in total. The van der Waals surface area contributed by atoms with E-state index in [4.69, 9.17) is 9.47 Å². The lowest BCUT2D eigenvalue weighted by atomic mass is 10.1. The average molecular weight is 284 g/mol. The number of Topliss-reactive ketones (excluding diaryl/α,β-unsaturated/α-hetero) is 1. The van der Waals surface area contributed by atoms with Crippen LogP contribution in [-0.2, 0) is 9.84 Å². The molecule has 104 valence electrons. The van der Waals surface area contributed by atoms with Crippen LogP contribution in [0.25, 0.3) is 0 Å². The summed E-state index contributed by atoms with van der Waals surface area (Å²) in [5.41, 5.74) is 0.322. The van der Waals surface area contributed by atoms with Gasteiger partial charge in [0.1, 0.15) is 5.75 Å². The van der Waals surface area contributed by atoms with Crippen molar-refractivity contribution < 1.29 is 22.7 Å². The van der Waals surface area contributed by atoms with E-state index in [2.05, 4.69) is 0 Å². The maximum absolute atomic E-state index is 11.8. The van der Waals surface area contributed by atoms with Gasteiger partial charge < -0.3 is 9.47 Å². The summed E-state index contributed by atoms with van der Waals surface area (Å²) in [6.45, 7) is 3.07. The lowest BCUT2D eigenvalue weighted by Gasteiger charge is -2.08. The smallest absolute Gasteiger partial charge is 0.177 e. The Morgan fingerprint density at radius 3 is 2.53 bits per heavy atom. The van der Waals surface area contributed by atoms with Crippen molar-refractivity contribution in [3.8, 4) is 11.5 Å². The number of ketones is 1. The monoisotopic (exact) mass is 284 g/mol. The Bertz CT molecular complexity index is 591. The summed E-state index contributed by atoms with van der Waals surface area (Å²) in [4.78, 5) is 11.8. The predicted octanol–water partition coefficient (Wildman–Crippen LogP) is 1.32. The van der Waals surface area contributed by atoms with Gasteiger partial charge in [-0.2, -0.15) is 0 Å². The zero-order valence-corrected chi connectivity index (χ0v) is 11.7. The molecular formula is C13H16O5S. The first kappa shape index (κ1) is 13.9. The molecule has 0 saturated heterocycles. The minimum absolute atomic E-state index is 0.266. The maximum atomic E-state index is 11.8. The van der Waals surface area contributed by atoms with E-state index < -0.39 is 21.4 Å². The number of hydrogen-bond acceptors (Lipinski definition) is 5. The van der Waals surface area contributed by atoms with Crippen LogP contribution in [0, 0.1) is 5.92 Å². The Morgan fingerprint density at radius 1 is 1.26 bits per heavy atom. The second-order valence-corrected chi connectivity index (χ2v) is 7.02. The Labute approximate surface area is 112 Å². The van der Waals surface area contributed by atoms with Crippen LogP contribution >= 0.6 is 0 Å². The van der Waals surface area contributed by atoms with Crippen LogP contribution in [0.2, 0.25) is 0 Å². The second-order valence-electron chi connectivity index (χ2n) is 4.88. The molecule has 0 N–H and O–H groups in total. The molecule has 0 aromatic heterocycles. The zero-order valence-electron chi connectivity index (χ0n) is 10.9. The highest BCUT2D eigenvalue weighted by molar-refractivity contribution is 7.91. The van der Waals surface area contributed by atoms with Crippen molar-refractivity contribution in [2.24, 2.45) is 5.92 Å². The predicted molar refractivity (Wildman–Crippen MR) is 70.6 cm³/mol. The Kier molecular flexibility index (Phi) is 3.80. The molecule has 0 amide bonds. The van der Waals surface area contributed by atoms with Gasteiger partial charge in [-0.05, 0) is 18.2 Å². The van der Waals surface area contributed by atoms with Gasteiger partial charge in [-0.3, -0.25) is 4.79 Å². The van der Waals surface area contributed by atoms with Crippen molar-refractivity contribution in [1.29, 1.82) is 0 Å². The third-order valence-electron chi connectivity index (χ3n) is 2.71. The fourth-order valence-electron chi connectivity index (χ4n) is 1.75. The highest BCUT2D eigenvalue weighted by Crippen LogP contribution is 2.31. The molecule has 6 heteroatoms. The lowest BCUT2D eigenvalue weighted by molar-refractivity contribution is 0.102. The standard InChI is InChI=1S/C13H16O5S/c1-9-6-17-12-4-3-10(5-13(12)18-7-9)11(14)8-19(2,15)16/h3-5,9H,6-8H2,1-2H3. The number of sulfone groups is 1. The van der Waals surface area contributed by atoms with E-state index in [9.17, 15) is 13.2 Å². The molecule has 0 bridgehead atoms. The number of carbonyl (C=O) groups is 1. The van der Waals surface area contributed by atoms with Crippen LogP contribution < -0.4 is 9.47 Å². The maximum Gasteiger partial charge on any atom is 0.177 e. The summed E-state index contributed by atoms with van der Waals surface area (Å²) in [5, 5.41) is 0. The highest BCUT2D eigenvalue weighted by atomic mass is 32.2. The van der Waals surface area contributed by atoms with Crippen LogP contribution in [0.1, 0.15) is 17.3 Å². The molecule has 2 rings (SSSR count). The Balaban J connectivity index is 2.24. The average Bonchev–Trinajstić information content (AvgIpc) is 2.49. The van der Waals surface area contributed by atoms with Crippen LogP contribution in [0.5, 0.6) is 11.5 Å². The minimum Gasteiger partial charge on any atom is -0.489 e. The van der Waals surface area contributed by atoms with E-state index in [1.165, 1.54) is 0 Å². The van der Waals surface area contributed by atoms with Gasteiger partial charge >= 0.3 is 0 Å². The van der Waals surface area contributed by atoms with Crippen molar-refractivity contribution in [2.45, 2.75) is 6.92 Å². The van der Waals surface area contributed by atoms with Crippen LogP contribution in [-0.4, -0.2) is 39.4 Å². The number of hydrogen-bond donors (Lipinski definition) is 0. The van der Waals surface area contributed by atoms with E-state index in [-0.39, 0.29) is 5.92 Å². The quantitative estimate of drug-likeness (QED) is 0.783. The number of benzene rings is 1. The van der Waals surface area contributed by atoms with Gasteiger partial charge in [0.25, 0.3) is 0 Å². The molecule has 0 aliphatic carbocycles. The molecule has 0 radical (unpaired) electrons. The van der Waals surface area contributed by atoms with Gasteiger partial charge in [0.05, 0.1) is 13.2 Å². The fraction of sp³-hybridized carbons (Fsp3) is 0.462. The van der Waals surface area contributed by atoms with Crippen molar-refractivity contribution in [2.75, 3.05) is 25.2 Å². The summed E-state index contributed by atoms with van der Waals surface area (Å²) < 4.78 is 33.3. The van der Waals surface area contributed by atoms with Crippen LogP contribution in [0.4, 0.5) is 0 Å². The fourth-order valence-corrected chi connectivity index (χ4v) is 2.39. The third-order valence-corrected chi connectivity index (χ3v) is 3.49. The lowest BCUT2D eigenvalue weighted by Crippen LogP contribution is -2.14. The molecule has 0 spiro atoms. The molecule has 19 heavy (non-hydrogen) atoms. The molecule has 1 aliphatic rings. The third kappa shape index (κ3) is 3.70. The summed E-state index contributed by atoms with van der Waals surface area (Å²) in [7, 11) is -3.33. The molecule has 0 fully saturated rings. The normalized spacial score (nSPS) is 18.7. The van der Waals surface area contributed by atoms with E-state index >= 15 is 0 Å². The summed E-state index contributed by atoms with van der Waals surface area (Å²) >= 11 is 0. The van der Waals surface area contributed by atoms with Gasteiger partial charge in [-0.15, -0.1) is 0 Å². The van der Waals surface area contributed by atoms with E-state index in [1.54, 1.807) is 18.2 Å². The van der Waals surface area contributed by atoms with Crippen molar-refractivity contribution in [1.82, 2.24) is 0 Å². The van der Waals surface area contributed by atoms with Gasteiger partial charge in [-0.1, -0.05) is 6.92 Å². The van der Waals surface area contributed by atoms with E-state index in [0.717, 1.165) is 6.26 Å². The molecule has 1 aliphatic heterocycles. The molecule has 1 atom stereocenters. The van der Waals surface area contributed by atoms with Crippen LogP contribution in [0.15, 0.2) is 18.2 Å². The van der Waals surface area contributed by atoms with Crippen LogP contribution in [0.3, 0.4) is 0 Å². The topological polar surface area (TPSA) is 69.7 Å². The highest BCUT2D eigenvalue weighted by Gasteiger charge is 2.19. The second kappa shape index (κ2) is 5.21. The summed E-state index contributed by atoms with van der Waals surface area (Å²) in [6.07, 6.45) is 1.04. The molecule has 1 heterocycles. The molecule has 1 unspecified atom stereocenters. The molecule has 0 saturated carbocycles. The first-order valence-electron chi connectivity index (χ1n) is 5.96. The largest absolute Gasteiger partial charge is 0.489 e. The zero-order chi connectivity index (χ0) is 14.0. The SMILES string of the molecule is CC1COc2ccc(C(=O)CS(C)(=O)=O)cc2OC1. The number of ether oxygens (including phenoxy) is 2. The summed E-state index contributed by atoms with van der Waals surface area (Å²) in [6, 6.07) is 4.75. The van der Waals surface area contributed by atoms with Crippen molar-refractivity contribution in [3.05, 3.63) is 23.8 Å². The molecular weight excluding hydrogens is 268 g/mol. The number of fused-ring (bicyclic) bond motifs is 1. The number of rotatable bonds is 3. The molecule has 1 aromatic rings. The van der Waals surface area contributed by atoms with E-state index in [1.807, 2.05) is 6.92 Å². The van der Waals surface area contributed by atoms with Gasteiger partial charge in [0.2, 0.25) is 0 Å². The first-order chi connectivity index (χ1) is 8.85.